The van der Waals surface area contributed by atoms with Gasteiger partial charge in [0.15, 0.2) is 0 Å². The largest absolute Gasteiger partial charge is 0.504 e. The van der Waals surface area contributed by atoms with E-state index in [4.69, 9.17) is 14.2 Å². The maximum Gasteiger partial charge on any atom is 0.337 e. The molecule has 2 aliphatic rings. The van der Waals surface area contributed by atoms with Gasteiger partial charge in [-0.15, -0.1) is 0 Å². The van der Waals surface area contributed by atoms with Crippen LogP contribution >= 0.6 is 0 Å². The van der Waals surface area contributed by atoms with Gasteiger partial charge >= 0.3 is 5.97 Å². The van der Waals surface area contributed by atoms with Crippen molar-refractivity contribution in [3.63, 3.8) is 0 Å². The zero-order chi connectivity index (χ0) is 21.4. The van der Waals surface area contributed by atoms with Crippen LogP contribution in [0.15, 0.2) is 24.0 Å². The van der Waals surface area contributed by atoms with E-state index in [1.165, 1.54) is 29.3 Å². The molecule has 1 aromatic heterocycles. The second-order valence-electron chi connectivity index (χ2n) is 8.42. The molecule has 3 atom stereocenters. The van der Waals surface area contributed by atoms with Crippen LogP contribution in [-0.2, 0) is 20.7 Å². The second kappa shape index (κ2) is 8.34. The molecule has 1 fully saturated rings. The number of hydrogen-bond acceptors (Lipinski definition) is 5. The first-order valence-corrected chi connectivity index (χ1v) is 10.8. The van der Waals surface area contributed by atoms with E-state index in [-0.39, 0.29) is 17.9 Å². The fourth-order valence-corrected chi connectivity index (χ4v) is 5.47. The zero-order valence-electron chi connectivity index (χ0n) is 18.6. The fourth-order valence-electron chi connectivity index (χ4n) is 5.47. The van der Waals surface area contributed by atoms with Gasteiger partial charge in [0.2, 0.25) is 0 Å². The number of benzene rings is 1. The maximum absolute atomic E-state index is 12.5. The zero-order valence-corrected chi connectivity index (χ0v) is 18.6. The number of fused-ring (bicyclic) bond motifs is 5. The Morgan fingerprint density at radius 1 is 1.30 bits per heavy atom. The van der Waals surface area contributed by atoms with Gasteiger partial charge in [-0.2, -0.15) is 0 Å². The lowest BCUT2D eigenvalue weighted by Gasteiger charge is -2.46. The van der Waals surface area contributed by atoms with Gasteiger partial charge in [-0.3, -0.25) is 4.90 Å². The Hall–Kier alpha value is -2.47. The number of carbonyl (C=O) groups is 1. The molecule has 0 amide bonds. The molecular weight excluding hydrogens is 380 g/mol. The molecule has 0 unspecified atom stereocenters. The summed E-state index contributed by atoms with van der Waals surface area (Å²) in [6.45, 7) is 6.32. The fraction of sp³-hybridized carbons (Fsp3) is 0.542. The summed E-state index contributed by atoms with van der Waals surface area (Å²) in [6, 6.07) is 4.41. The van der Waals surface area contributed by atoms with E-state index in [9.17, 15) is 4.79 Å². The van der Waals surface area contributed by atoms with Gasteiger partial charge in [-0.1, -0.05) is 19.4 Å². The Labute approximate surface area is 178 Å². The first kappa shape index (κ1) is 20.8. The number of nitrogens with zero attached hydrogens (tertiary/aromatic N) is 1. The van der Waals surface area contributed by atoms with Crippen molar-refractivity contribution in [2.75, 3.05) is 34.4 Å². The minimum absolute atomic E-state index is 0.101. The SMILES string of the molecule is CC[C@@H]1CN2CCc3c([nH]c4c(C)ccc(OC)c34)[C@@H]2C[C@@H]1/C(=C\OC)C(=O)OC. The summed E-state index contributed by atoms with van der Waals surface area (Å²) in [6.07, 6.45) is 4.46. The monoisotopic (exact) mass is 412 g/mol. The number of ether oxygens (including phenoxy) is 3. The van der Waals surface area contributed by atoms with Gasteiger partial charge in [0.1, 0.15) is 5.75 Å². The van der Waals surface area contributed by atoms with Crippen molar-refractivity contribution in [2.24, 2.45) is 11.8 Å². The molecular formula is C24H32N2O4. The number of hydrogen-bond donors (Lipinski definition) is 1. The van der Waals surface area contributed by atoms with Gasteiger partial charge in [-0.25, -0.2) is 4.79 Å². The molecule has 1 saturated heterocycles. The van der Waals surface area contributed by atoms with Gasteiger partial charge in [0.05, 0.1) is 44.7 Å². The van der Waals surface area contributed by atoms with Crippen LogP contribution < -0.4 is 4.74 Å². The number of carbonyl (C=O) groups excluding carboxylic acids is 1. The molecule has 4 rings (SSSR count). The molecule has 0 saturated carbocycles. The molecule has 2 aromatic rings. The maximum atomic E-state index is 12.5. The highest BCUT2D eigenvalue weighted by Gasteiger charge is 2.42. The quantitative estimate of drug-likeness (QED) is 0.454. The third-order valence-electron chi connectivity index (χ3n) is 7.01. The lowest BCUT2D eigenvalue weighted by atomic mass is 9.74. The number of H-pyrrole nitrogens is 1. The Bertz CT molecular complexity index is 977. The molecule has 2 aliphatic heterocycles. The lowest BCUT2D eigenvalue weighted by Crippen LogP contribution is -2.47. The van der Waals surface area contributed by atoms with E-state index >= 15 is 0 Å². The van der Waals surface area contributed by atoms with E-state index in [1.807, 2.05) is 0 Å². The standard InChI is InChI=1S/C24H32N2O4/c1-6-15-12-26-10-9-16-21-20(29-4)8-7-14(2)22(21)25-23(16)19(26)11-17(15)18(13-28-3)24(27)30-5/h7-8,13,15,17,19,25H,6,9-12H2,1-5H3/b18-13+/t15-,17+,19+/m1/s1. The molecule has 0 aliphatic carbocycles. The Morgan fingerprint density at radius 3 is 2.77 bits per heavy atom. The van der Waals surface area contributed by atoms with Crippen molar-refractivity contribution in [3.05, 3.63) is 40.8 Å². The average molecular weight is 413 g/mol. The number of methoxy groups -OCH3 is 3. The van der Waals surface area contributed by atoms with Crippen molar-refractivity contribution >= 4 is 16.9 Å². The predicted molar refractivity (Wildman–Crippen MR) is 117 cm³/mol. The number of aromatic nitrogens is 1. The normalized spacial score (nSPS) is 24.3. The molecule has 6 heteroatoms. The van der Waals surface area contributed by atoms with Crippen LogP contribution in [0, 0.1) is 18.8 Å². The third kappa shape index (κ3) is 3.27. The molecule has 162 valence electrons. The number of rotatable bonds is 5. The van der Waals surface area contributed by atoms with Crippen LogP contribution in [0.5, 0.6) is 5.75 Å². The van der Waals surface area contributed by atoms with E-state index in [0.717, 1.165) is 43.6 Å². The van der Waals surface area contributed by atoms with E-state index in [0.29, 0.717) is 11.5 Å². The highest BCUT2D eigenvalue weighted by molar-refractivity contribution is 5.93. The number of aromatic amines is 1. The van der Waals surface area contributed by atoms with E-state index in [2.05, 4.69) is 35.9 Å². The first-order chi connectivity index (χ1) is 14.5. The lowest BCUT2D eigenvalue weighted by molar-refractivity contribution is -0.137. The highest BCUT2D eigenvalue weighted by Crippen LogP contribution is 2.47. The first-order valence-electron chi connectivity index (χ1n) is 10.8. The summed E-state index contributed by atoms with van der Waals surface area (Å²) in [7, 11) is 4.76. The Kier molecular flexibility index (Phi) is 5.78. The molecule has 1 aromatic carbocycles. The van der Waals surface area contributed by atoms with Gasteiger partial charge in [0.25, 0.3) is 0 Å². The van der Waals surface area contributed by atoms with E-state index < -0.39 is 0 Å². The van der Waals surface area contributed by atoms with Crippen LogP contribution in [0.4, 0.5) is 0 Å². The van der Waals surface area contributed by atoms with Crippen LogP contribution in [0.25, 0.3) is 10.9 Å². The van der Waals surface area contributed by atoms with E-state index in [1.54, 1.807) is 20.5 Å². The van der Waals surface area contributed by atoms with Crippen molar-refractivity contribution < 1.29 is 19.0 Å². The summed E-state index contributed by atoms with van der Waals surface area (Å²) in [4.78, 5) is 18.8. The minimum Gasteiger partial charge on any atom is -0.504 e. The summed E-state index contributed by atoms with van der Waals surface area (Å²) >= 11 is 0. The topological polar surface area (TPSA) is 63.8 Å². The summed E-state index contributed by atoms with van der Waals surface area (Å²) in [5.41, 5.74) is 5.65. The highest BCUT2D eigenvalue weighted by atomic mass is 16.5. The molecule has 0 spiro atoms. The van der Waals surface area contributed by atoms with Crippen molar-refractivity contribution in [1.29, 1.82) is 0 Å². The molecule has 3 heterocycles. The number of piperidine rings is 1. The Balaban J connectivity index is 1.79. The van der Waals surface area contributed by atoms with Gasteiger partial charge in [-0.05, 0) is 48.8 Å². The van der Waals surface area contributed by atoms with Crippen LogP contribution in [0.3, 0.4) is 0 Å². The molecule has 1 N–H and O–H groups in total. The van der Waals surface area contributed by atoms with Crippen molar-refractivity contribution in [3.8, 4) is 5.75 Å². The van der Waals surface area contributed by atoms with Gasteiger partial charge in [0, 0.05) is 24.2 Å². The summed E-state index contributed by atoms with van der Waals surface area (Å²) < 4.78 is 16.1. The smallest absolute Gasteiger partial charge is 0.337 e. The third-order valence-corrected chi connectivity index (χ3v) is 7.01. The summed E-state index contributed by atoms with van der Waals surface area (Å²) in [5.74, 6) is 1.13. The van der Waals surface area contributed by atoms with Crippen LogP contribution in [-0.4, -0.2) is 50.3 Å². The Morgan fingerprint density at radius 2 is 2.10 bits per heavy atom. The van der Waals surface area contributed by atoms with Crippen LogP contribution in [0.2, 0.25) is 0 Å². The average Bonchev–Trinajstić information content (AvgIpc) is 3.17. The minimum atomic E-state index is -0.293. The van der Waals surface area contributed by atoms with Gasteiger partial charge < -0.3 is 19.2 Å². The van der Waals surface area contributed by atoms with Crippen molar-refractivity contribution in [2.45, 2.75) is 39.2 Å². The molecule has 30 heavy (non-hydrogen) atoms. The summed E-state index contributed by atoms with van der Waals surface area (Å²) in [5, 5.41) is 1.21. The second-order valence-corrected chi connectivity index (χ2v) is 8.42. The molecule has 0 bridgehead atoms. The predicted octanol–water partition coefficient (Wildman–Crippen LogP) is 4.13. The van der Waals surface area contributed by atoms with Crippen LogP contribution in [0.1, 0.15) is 42.6 Å². The number of nitrogens with one attached hydrogen (secondary N) is 1. The number of aryl methyl sites for hydroxylation is 1. The molecule has 6 nitrogen and oxygen atoms in total. The van der Waals surface area contributed by atoms with Crippen molar-refractivity contribution in [1.82, 2.24) is 9.88 Å². The number of esters is 1. The molecule has 0 radical (unpaired) electrons.